The van der Waals surface area contributed by atoms with Crippen molar-refractivity contribution in [2.75, 3.05) is 11.9 Å². The molecule has 2 heterocycles. The second-order valence-electron chi connectivity index (χ2n) is 6.70. The van der Waals surface area contributed by atoms with Crippen LogP contribution in [0.4, 0.5) is 5.69 Å². The van der Waals surface area contributed by atoms with Crippen molar-refractivity contribution in [2.24, 2.45) is 0 Å². The van der Waals surface area contributed by atoms with E-state index in [-0.39, 0.29) is 5.91 Å². The molecular weight excluding hydrogens is 366 g/mol. The molecule has 1 N–H and O–H groups in total. The highest BCUT2D eigenvalue weighted by Gasteiger charge is 2.12. The lowest BCUT2D eigenvalue weighted by Crippen LogP contribution is -2.12. The van der Waals surface area contributed by atoms with E-state index in [1.165, 1.54) is 0 Å². The minimum Gasteiger partial charge on any atom is -0.494 e. The molecule has 29 heavy (non-hydrogen) atoms. The third-order valence-corrected chi connectivity index (χ3v) is 4.48. The summed E-state index contributed by atoms with van der Waals surface area (Å²) in [4.78, 5) is 21.2. The molecule has 1 amide bonds. The highest BCUT2D eigenvalue weighted by molar-refractivity contribution is 6.04. The van der Waals surface area contributed by atoms with Crippen LogP contribution in [0.25, 0.3) is 22.7 Å². The Morgan fingerprint density at radius 1 is 1.14 bits per heavy atom. The number of oxazole rings is 1. The van der Waals surface area contributed by atoms with Crippen molar-refractivity contribution < 1.29 is 13.9 Å². The molecule has 6 nitrogen and oxygen atoms in total. The summed E-state index contributed by atoms with van der Waals surface area (Å²) in [5.74, 6) is 1.09. The number of aryl methyl sites for hydroxylation is 1. The van der Waals surface area contributed by atoms with Gasteiger partial charge in [-0.3, -0.25) is 4.79 Å². The Labute approximate surface area is 168 Å². The molecule has 0 unspecified atom stereocenters. The van der Waals surface area contributed by atoms with Crippen LogP contribution in [-0.2, 0) is 0 Å². The molecule has 0 fully saturated rings. The number of aromatic nitrogens is 2. The fourth-order valence-electron chi connectivity index (χ4n) is 2.95. The van der Waals surface area contributed by atoms with E-state index >= 15 is 0 Å². The van der Waals surface area contributed by atoms with E-state index in [0.717, 1.165) is 29.0 Å². The van der Waals surface area contributed by atoms with E-state index in [4.69, 9.17) is 9.15 Å². The van der Waals surface area contributed by atoms with Gasteiger partial charge >= 0.3 is 0 Å². The van der Waals surface area contributed by atoms with Crippen molar-refractivity contribution in [1.29, 1.82) is 0 Å². The number of pyridine rings is 1. The number of anilines is 1. The maximum Gasteiger partial charge on any atom is 0.255 e. The van der Waals surface area contributed by atoms with Crippen LogP contribution >= 0.6 is 0 Å². The van der Waals surface area contributed by atoms with Crippen molar-refractivity contribution in [1.82, 2.24) is 9.97 Å². The van der Waals surface area contributed by atoms with Crippen molar-refractivity contribution >= 4 is 22.8 Å². The predicted molar refractivity (Wildman–Crippen MR) is 112 cm³/mol. The molecule has 0 aliphatic carbocycles. The summed E-state index contributed by atoms with van der Waals surface area (Å²) in [5, 5.41) is 2.95. The minimum absolute atomic E-state index is 0.172. The molecule has 0 saturated carbocycles. The molecule has 0 aliphatic heterocycles. The summed E-state index contributed by atoms with van der Waals surface area (Å²) >= 11 is 0. The predicted octanol–water partition coefficient (Wildman–Crippen LogP) is 5.24. The monoisotopic (exact) mass is 387 g/mol. The lowest BCUT2D eigenvalue weighted by molar-refractivity contribution is 0.102. The molecule has 6 heteroatoms. The molecule has 0 atom stereocenters. The Hall–Kier alpha value is -3.67. The summed E-state index contributed by atoms with van der Waals surface area (Å²) in [5.41, 5.74) is 4.26. The zero-order valence-corrected chi connectivity index (χ0v) is 16.3. The number of fused-ring (bicyclic) bond motifs is 1. The van der Waals surface area contributed by atoms with Gasteiger partial charge in [-0.2, -0.15) is 4.98 Å². The first-order chi connectivity index (χ1) is 14.1. The van der Waals surface area contributed by atoms with E-state index in [1.54, 1.807) is 18.3 Å². The highest BCUT2D eigenvalue weighted by Crippen LogP contribution is 2.27. The number of benzene rings is 2. The van der Waals surface area contributed by atoms with Gasteiger partial charge in [-0.25, -0.2) is 4.98 Å². The van der Waals surface area contributed by atoms with E-state index < -0.39 is 0 Å². The van der Waals surface area contributed by atoms with Gasteiger partial charge in [0.25, 0.3) is 5.91 Å². The standard InChI is InChI=1S/C23H21N3O3/c1-3-13-28-18-9-6-16(7-10-18)22(27)25-19-11-8-17(14-15(19)2)23-26-21-20(29-23)5-4-12-24-21/h4-12,14H,3,13H2,1-2H3,(H,25,27). The molecule has 2 aromatic heterocycles. The van der Waals surface area contributed by atoms with Gasteiger partial charge in [0.05, 0.1) is 6.61 Å². The molecule has 0 saturated heterocycles. The molecule has 2 aromatic carbocycles. The quantitative estimate of drug-likeness (QED) is 0.490. The van der Waals surface area contributed by atoms with Gasteiger partial charge in [0.1, 0.15) is 5.75 Å². The number of ether oxygens (including phenoxy) is 1. The number of carbonyl (C=O) groups is 1. The SMILES string of the molecule is CCCOc1ccc(C(=O)Nc2ccc(-c3nc4ncccc4o3)cc2C)cc1. The summed E-state index contributed by atoms with van der Waals surface area (Å²) in [6.45, 7) is 4.64. The van der Waals surface area contributed by atoms with E-state index in [2.05, 4.69) is 22.2 Å². The van der Waals surface area contributed by atoms with E-state index in [0.29, 0.717) is 29.3 Å². The lowest BCUT2D eigenvalue weighted by Gasteiger charge is -2.10. The Kier molecular flexibility index (Phi) is 5.24. The first-order valence-corrected chi connectivity index (χ1v) is 9.51. The van der Waals surface area contributed by atoms with Crippen LogP contribution in [0.15, 0.2) is 65.2 Å². The molecule has 146 valence electrons. The van der Waals surface area contributed by atoms with E-state index in [1.807, 2.05) is 49.4 Å². The number of nitrogens with zero attached hydrogens (tertiary/aromatic N) is 2. The largest absolute Gasteiger partial charge is 0.494 e. The number of hydrogen-bond donors (Lipinski definition) is 1. The number of amides is 1. The first-order valence-electron chi connectivity index (χ1n) is 9.51. The zero-order valence-electron chi connectivity index (χ0n) is 16.3. The van der Waals surface area contributed by atoms with Crippen molar-refractivity contribution in [2.45, 2.75) is 20.3 Å². The smallest absolute Gasteiger partial charge is 0.255 e. The molecule has 4 rings (SSSR count). The number of rotatable bonds is 6. The summed E-state index contributed by atoms with van der Waals surface area (Å²) in [6.07, 6.45) is 2.62. The van der Waals surface area contributed by atoms with Crippen LogP contribution in [0.5, 0.6) is 5.75 Å². The Morgan fingerprint density at radius 2 is 1.97 bits per heavy atom. The van der Waals surface area contributed by atoms with Gasteiger partial charge in [-0.15, -0.1) is 0 Å². The molecule has 0 spiro atoms. The summed E-state index contributed by atoms with van der Waals surface area (Å²) in [6, 6.07) is 16.4. The third-order valence-electron chi connectivity index (χ3n) is 4.48. The molecule has 0 radical (unpaired) electrons. The van der Waals surface area contributed by atoms with Gasteiger partial charge in [-0.1, -0.05) is 6.92 Å². The summed E-state index contributed by atoms with van der Waals surface area (Å²) < 4.78 is 11.3. The average Bonchev–Trinajstić information content (AvgIpc) is 3.18. The Bertz CT molecular complexity index is 1120. The van der Waals surface area contributed by atoms with Gasteiger partial charge < -0.3 is 14.5 Å². The van der Waals surface area contributed by atoms with Crippen LogP contribution in [-0.4, -0.2) is 22.5 Å². The number of carbonyl (C=O) groups excluding carboxylic acids is 1. The highest BCUT2D eigenvalue weighted by atomic mass is 16.5. The zero-order chi connectivity index (χ0) is 20.2. The second kappa shape index (κ2) is 8.14. The average molecular weight is 387 g/mol. The molecular formula is C23H21N3O3. The third kappa shape index (κ3) is 4.11. The van der Waals surface area contributed by atoms with Gasteiger partial charge in [0.15, 0.2) is 11.2 Å². The second-order valence-corrected chi connectivity index (χ2v) is 6.70. The fraction of sp³-hybridized carbons (Fsp3) is 0.174. The van der Waals surface area contributed by atoms with Crippen molar-refractivity contribution in [3.05, 3.63) is 71.9 Å². The van der Waals surface area contributed by atoms with Crippen molar-refractivity contribution in [3.8, 4) is 17.2 Å². The van der Waals surface area contributed by atoms with Crippen molar-refractivity contribution in [3.63, 3.8) is 0 Å². The van der Waals surface area contributed by atoms with Crippen LogP contribution in [0.2, 0.25) is 0 Å². The van der Waals surface area contributed by atoms with Gasteiger partial charge in [0.2, 0.25) is 5.89 Å². The number of hydrogen-bond acceptors (Lipinski definition) is 5. The minimum atomic E-state index is -0.172. The number of nitrogens with one attached hydrogen (secondary N) is 1. The summed E-state index contributed by atoms with van der Waals surface area (Å²) in [7, 11) is 0. The van der Waals surface area contributed by atoms with Crippen LogP contribution in [0.3, 0.4) is 0 Å². The molecule has 0 bridgehead atoms. The van der Waals surface area contributed by atoms with Crippen LogP contribution < -0.4 is 10.1 Å². The van der Waals surface area contributed by atoms with Crippen LogP contribution in [0.1, 0.15) is 29.3 Å². The maximum absolute atomic E-state index is 12.6. The Morgan fingerprint density at radius 3 is 2.69 bits per heavy atom. The topological polar surface area (TPSA) is 77.2 Å². The molecule has 0 aliphatic rings. The maximum atomic E-state index is 12.6. The van der Waals surface area contributed by atoms with Gasteiger partial charge in [-0.05, 0) is 73.5 Å². The lowest BCUT2D eigenvalue weighted by atomic mass is 10.1. The van der Waals surface area contributed by atoms with E-state index in [9.17, 15) is 4.79 Å². The normalized spacial score (nSPS) is 10.8. The Balaban J connectivity index is 1.50. The van der Waals surface area contributed by atoms with Crippen LogP contribution in [0, 0.1) is 6.92 Å². The fourth-order valence-corrected chi connectivity index (χ4v) is 2.95. The first kappa shape index (κ1) is 18.7. The molecule has 4 aromatic rings. The van der Waals surface area contributed by atoms with Gasteiger partial charge in [0, 0.05) is 23.0 Å².